The van der Waals surface area contributed by atoms with Crippen LogP contribution in [0.1, 0.15) is 32.6 Å². The molecule has 1 heterocycles. The summed E-state index contributed by atoms with van der Waals surface area (Å²) in [4.78, 5) is 16.3. The number of aromatic nitrogens is 1. The van der Waals surface area contributed by atoms with Crippen LogP contribution in [-0.4, -0.2) is 10.8 Å². The number of aryl methyl sites for hydroxylation is 3. The van der Waals surface area contributed by atoms with E-state index >= 15 is 0 Å². The summed E-state index contributed by atoms with van der Waals surface area (Å²) < 4.78 is 0. The van der Waals surface area contributed by atoms with Crippen molar-refractivity contribution in [2.24, 2.45) is 0 Å². The molecule has 0 radical (unpaired) electrons. The van der Waals surface area contributed by atoms with Crippen LogP contribution in [0.5, 0.6) is 0 Å². The number of hydrogen-bond donors (Lipinski definition) is 0. The second-order valence-corrected chi connectivity index (χ2v) is 4.66. The fraction of sp³-hybridized carbons (Fsp3) is 0.250. The zero-order valence-electron chi connectivity index (χ0n) is 11.0. The molecule has 92 valence electrons. The van der Waals surface area contributed by atoms with Crippen LogP contribution in [0.4, 0.5) is 0 Å². The second-order valence-electron chi connectivity index (χ2n) is 4.66. The molecule has 0 N–H and O–H groups in total. The summed E-state index contributed by atoms with van der Waals surface area (Å²) in [5.41, 5.74) is 5.20. The van der Waals surface area contributed by atoms with Crippen molar-refractivity contribution in [2.45, 2.75) is 27.2 Å². The van der Waals surface area contributed by atoms with Gasteiger partial charge in [-0.25, -0.2) is 0 Å². The van der Waals surface area contributed by atoms with Gasteiger partial charge in [-0.1, -0.05) is 18.2 Å². The second kappa shape index (κ2) is 5.13. The van der Waals surface area contributed by atoms with E-state index < -0.39 is 0 Å². The Labute approximate surface area is 108 Å². The molecule has 0 fully saturated rings. The third kappa shape index (κ3) is 2.48. The van der Waals surface area contributed by atoms with E-state index in [1.165, 1.54) is 11.1 Å². The van der Waals surface area contributed by atoms with Crippen molar-refractivity contribution >= 4 is 5.78 Å². The van der Waals surface area contributed by atoms with E-state index in [9.17, 15) is 4.79 Å². The summed E-state index contributed by atoms with van der Waals surface area (Å²) in [7, 11) is 0. The summed E-state index contributed by atoms with van der Waals surface area (Å²) in [6, 6.07) is 7.92. The fourth-order valence-electron chi connectivity index (χ4n) is 2.17. The van der Waals surface area contributed by atoms with E-state index in [1.807, 2.05) is 13.0 Å². The number of carbonyl (C=O) groups excluding carboxylic acids is 1. The summed E-state index contributed by atoms with van der Waals surface area (Å²) in [5.74, 6) is 0.160. The summed E-state index contributed by atoms with van der Waals surface area (Å²) in [6.45, 7) is 6.02. The van der Waals surface area contributed by atoms with E-state index in [1.54, 1.807) is 18.5 Å². The maximum Gasteiger partial charge on any atom is 0.167 e. The topological polar surface area (TPSA) is 30.0 Å². The summed E-state index contributed by atoms with van der Waals surface area (Å²) in [6.07, 6.45) is 3.87. The molecule has 0 aliphatic rings. The zero-order chi connectivity index (χ0) is 13.1. The van der Waals surface area contributed by atoms with Crippen molar-refractivity contribution in [2.75, 3.05) is 0 Å². The average molecular weight is 239 g/mol. The molecule has 2 nitrogen and oxygen atoms in total. The number of Topliss-reactive ketones (excluding diaryl/α,β-unsaturated/α-hetero) is 1. The lowest BCUT2D eigenvalue weighted by molar-refractivity contribution is 0.0992. The molecule has 2 heteroatoms. The molecule has 2 aromatic rings. The molecule has 2 rings (SSSR count). The summed E-state index contributed by atoms with van der Waals surface area (Å²) in [5, 5.41) is 0. The van der Waals surface area contributed by atoms with Crippen molar-refractivity contribution in [1.29, 1.82) is 0 Å². The van der Waals surface area contributed by atoms with Gasteiger partial charge in [0, 0.05) is 24.4 Å². The third-order valence-electron chi connectivity index (χ3n) is 3.30. The molecule has 0 unspecified atom stereocenters. The van der Waals surface area contributed by atoms with Crippen molar-refractivity contribution in [3.8, 4) is 0 Å². The van der Waals surface area contributed by atoms with Crippen LogP contribution in [0, 0.1) is 20.8 Å². The van der Waals surface area contributed by atoms with E-state index in [-0.39, 0.29) is 5.78 Å². The van der Waals surface area contributed by atoms with E-state index in [0.717, 1.165) is 16.7 Å². The predicted molar refractivity (Wildman–Crippen MR) is 72.9 cm³/mol. The van der Waals surface area contributed by atoms with Crippen molar-refractivity contribution in [1.82, 2.24) is 4.98 Å². The van der Waals surface area contributed by atoms with E-state index in [0.29, 0.717) is 6.42 Å². The van der Waals surface area contributed by atoms with Gasteiger partial charge >= 0.3 is 0 Å². The Morgan fingerprint density at radius 3 is 2.33 bits per heavy atom. The SMILES string of the molecule is Cc1cnccc1C(=O)Cc1c(C)cccc1C. The summed E-state index contributed by atoms with van der Waals surface area (Å²) >= 11 is 0. The van der Waals surface area contributed by atoms with Crippen molar-refractivity contribution in [3.05, 3.63) is 64.5 Å². The highest BCUT2D eigenvalue weighted by Gasteiger charge is 2.12. The number of benzene rings is 1. The number of nitrogens with zero attached hydrogens (tertiary/aromatic N) is 1. The molecule has 0 amide bonds. The molecule has 18 heavy (non-hydrogen) atoms. The Morgan fingerprint density at radius 1 is 1.06 bits per heavy atom. The van der Waals surface area contributed by atoms with Crippen molar-refractivity contribution < 1.29 is 4.79 Å². The molecule has 0 atom stereocenters. The van der Waals surface area contributed by atoms with Crippen LogP contribution in [-0.2, 0) is 6.42 Å². The largest absolute Gasteiger partial charge is 0.294 e. The minimum atomic E-state index is 0.160. The van der Waals surface area contributed by atoms with Crippen LogP contribution >= 0.6 is 0 Å². The van der Waals surface area contributed by atoms with Crippen LogP contribution in [0.25, 0.3) is 0 Å². The van der Waals surface area contributed by atoms with Gasteiger partial charge in [-0.05, 0) is 49.1 Å². The lowest BCUT2D eigenvalue weighted by Gasteiger charge is -2.10. The quantitative estimate of drug-likeness (QED) is 0.768. The molecule has 0 saturated carbocycles. The molecule has 0 bridgehead atoms. The Bertz CT molecular complexity index is 567. The van der Waals surface area contributed by atoms with Crippen LogP contribution in [0.15, 0.2) is 36.7 Å². The molecule has 1 aromatic heterocycles. The molecule has 0 aliphatic carbocycles. The first-order valence-electron chi connectivity index (χ1n) is 6.08. The Kier molecular flexibility index (Phi) is 3.56. The fourth-order valence-corrected chi connectivity index (χ4v) is 2.17. The number of rotatable bonds is 3. The Balaban J connectivity index is 2.30. The minimum Gasteiger partial charge on any atom is -0.294 e. The highest BCUT2D eigenvalue weighted by molar-refractivity contribution is 5.98. The zero-order valence-corrected chi connectivity index (χ0v) is 11.0. The smallest absolute Gasteiger partial charge is 0.167 e. The number of ketones is 1. The minimum absolute atomic E-state index is 0.160. The van der Waals surface area contributed by atoms with Crippen LogP contribution < -0.4 is 0 Å². The van der Waals surface area contributed by atoms with Gasteiger partial charge in [-0.15, -0.1) is 0 Å². The first-order chi connectivity index (χ1) is 8.59. The van der Waals surface area contributed by atoms with Crippen molar-refractivity contribution in [3.63, 3.8) is 0 Å². The number of pyridine rings is 1. The van der Waals surface area contributed by atoms with Gasteiger partial charge in [0.2, 0.25) is 0 Å². The molecule has 0 spiro atoms. The molecule has 1 aromatic carbocycles. The molecular formula is C16H17NO. The van der Waals surface area contributed by atoms with Crippen LogP contribution in [0.2, 0.25) is 0 Å². The lowest BCUT2D eigenvalue weighted by Crippen LogP contribution is -2.08. The highest BCUT2D eigenvalue weighted by Crippen LogP contribution is 2.17. The first-order valence-corrected chi connectivity index (χ1v) is 6.08. The van der Waals surface area contributed by atoms with Gasteiger partial charge in [-0.3, -0.25) is 9.78 Å². The monoisotopic (exact) mass is 239 g/mol. The molecule has 0 aliphatic heterocycles. The van der Waals surface area contributed by atoms with Gasteiger partial charge in [0.25, 0.3) is 0 Å². The average Bonchev–Trinajstić information content (AvgIpc) is 2.34. The normalized spacial score (nSPS) is 10.4. The lowest BCUT2D eigenvalue weighted by atomic mass is 9.95. The number of hydrogen-bond acceptors (Lipinski definition) is 2. The standard InChI is InChI=1S/C16H17NO/c1-11-5-4-6-12(2)15(11)9-16(18)14-7-8-17-10-13(14)3/h4-8,10H,9H2,1-3H3. The van der Waals surface area contributed by atoms with Gasteiger partial charge < -0.3 is 0 Å². The van der Waals surface area contributed by atoms with Gasteiger partial charge in [-0.2, -0.15) is 0 Å². The highest BCUT2D eigenvalue weighted by atomic mass is 16.1. The van der Waals surface area contributed by atoms with Gasteiger partial charge in [0.1, 0.15) is 0 Å². The Hall–Kier alpha value is -1.96. The first kappa shape index (κ1) is 12.5. The van der Waals surface area contributed by atoms with Gasteiger partial charge in [0.05, 0.1) is 0 Å². The van der Waals surface area contributed by atoms with Crippen LogP contribution in [0.3, 0.4) is 0 Å². The Morgan fingerprint density at radius 2 is 1.72 bits per heavy atom. The molecular weight excluding hydrogens is 222 g/mol. The molecule has 0 saturated heterocycles. The van der Waals surface area contributed by atoms with Gasteiger partial charge in [0.15, 0.2) is 5.78 Å². The maximum atomic E-state index is 12.3. The van der Waals surface area contributed by atoms with E-state index in [2.05, 4.69) is 31.0 Å². The predicted octanol–water partition coefficient (Wildman–Crippen LogP) is 3.43. The van der Waals surface area contributed by atoms with E-state index in [4.69, 9.17) is 0 Å². The maximum absolute atomic E-state index is 12.3. The third-order valence-corrected chi connectivity index (χ3v) is 3.30. The number of carbonyl (C=O) groups is 1.